The van der Waals surface area contributed by atoms with Crippen molar-refractivity contribution in [2.75, 3.05) is 16.2 Å². The van der Waals surface area contributed by atoms with E-state index in [4.69, 9.17) is 10.8 Å². The van der Waals surface area contributed by atoms with Gasteiger partial charge in [-0.15, -0.1) is 0 Å². The summed E-state index contributed by atoms with van der Waals surface area (Å²) in [5.41, 5.74) is 5.66. The summed E-state index contributed by atoms with van der Waals surface area (Å²) in [6, 6.07) is 4.06. The van der Waals surface area contributed by atoms with E-state index in [0.29, 0.717) is 0 Å². The molecule has 1 aliphatic rings. The van der Waals surface area contributed by atoms with E-state index in [1.54, 1.807) is 0 Å². The van der Waals surface area contributed by atoms with Crippen LogP contribution in [0.4, 0.5) is 11.4 Å². The smallest absolute Gasteiger partial charge is 0.337 e. The van der Waals surface area contributed by atoms with Crippen LogP contribution in [0.2, 0.25) is 0 Å². The normalized spacial score (nSPS) is 15.3. The number of carboxylic acid groups (broad SMARTS) is 1. The molecule has 0 aromatic heterocycles. The van der Waals surface area contributed by atoms with Crippen LogP contribution in [0.3, 0.4) is 0 Å². The lowest BCUT2D eigenvalue weighted by molar-refractivity contribution is 0.0698. The van der Waals surface area contributed by atoms with Crippen LogP contribution in [0.25, 0.3) is 0 Å². The molecule has 0 aliphatic heterocycles. The molecule has 0 radical (unpaired) electrons. The van der Waals surface area contributed by atoms with E-state index in [9.17, 15) is 13.2 Å². The van der Waals surface area contributed by atoms with Gasteiger partial charge in [-0.3, -0.25) is 4.72 Å². The van der Waals surface area contributed by atoms with Gasteiger partial charge >= 0.3 is 5.97 Å². The highest BCUT2D eigenvalue weighted by molar-refractivity contribution is 7.92. The Hall–Kier alpha value is -1.76. The minimum Gasteiger partial charge on any atom is -0.478 e. The second kappa shape index (κ2) is 4.49. The number of anilines is 2. The van der Waals surface area contributed by atoms with Gasteiger partial charge in [0.15, 0.2) is 0 Å². The number of hydrogen-bond donors (Lipinski definition) is 3. The number of sulfonamides is 1. The van der Waals surface area contributed by atoms with Gasteiger partial charge in [-0.1, -0.05) is 0 Å². The summed E-state index contributed by atoms with van der Waals surface area (Å²) in [4.78, 5) is 11.0. The fourth-order valence-electron chi connectivity index (χ4n) is 1.63. The Morgan fingerprint density at radius 1 is 1.44 bits per heavy atom. The van der Waals surface area contributed by atoms with Crippen LogP contribution in [0, 0.1) is 5.92 Å². The summed E-state index contributed by atoms with van der Waals surface area (Å²) in [6.07, 6.45) is 1.82. The lowest BCUT2D eigenvalue weighted by Gasteiger charge is -2.10. The molecule has 98 valence electrons. The predicted octanol–water partition coefficient (Wildman–Crippen LogP) is 1.12. The van der Waals surface area contributed by atoms with Gasteiger partial charge in [0.05, 0.1) is 17.0 Å². The number of rotatable bonds is 5. The summed E-state index contributed by atoms with van der Waals surface area (Å²) in [5, 5.41) is 8.99. The number of nitrogens with one attached hydrogen (secondary N) is 1. The van der Waals surface area contributed by atoms with Crippen LogP contribution < -0.4 is 10.5 Å². The van der Waals surface area contributed by atoms with Crippen molar-refractivity contribution < 1.29 is 18.3 Å². The van der Waals surface area contributed by atoms with Crippen LogP contribution >= 0.6 is 0 Å². The molecule has 6 nitrogen and oxygen atoms in total. The highest BCUT2D eigenvalue weighted by atomic mass is 32.2. The zero-order chi connectivity index (χ0) is 13.3. The van der Waals surface area contributed by atoms with Crippen LogP contribution in [0.1, 0.15) is 23.2 Å². The summed E-state index contributed by atoms with van der Waals surface area (Å²) in [7, 11) is -3.49. The number of carbonyl (C=O) groups is 1. The summed E-state index contributed by atoms with van der Waals surface area (Å²) in [6.45, 7) is 0. The van der Waals surface area contributed by atoms with E-state index >= 15 is 0 Å². The van der Waals surface area contributed by atoms with Crippen molar-refractivity contribution in [1.29, 1.82) is 0 Å². The first-order chi connectivity index (χ1) is 8.37. The molecule has 0 atom stereocenters. The van der Waals surface area contributed by atoms with E-state index in [1.807, 2.05) is 0 Å². The molecule has 18 heavy (non-hydrogen) atoms. The molecular weight excluding hydrogens is 256 g/mol. The number of benzene rings is 1. The van der Waals surface area contributed by atoms with Crippen molar-refractivity contribution in [3.8, 4) is 0 Å². The number of nitrogens with two attached hydrogens (primary N) is 1. The molecule has 1 saturated carbocycles. The van der Waals surface area contributed by atoms with Crippen molar-refractivity contribution >= 4 is 27.4 Å². The topological polar surface area (TPSA) is 109 Å². The Labute approximate surface area is 105 Å². The molecular formula is C11H14N2O4S. The number of aromatic carboxylic acids is 1. The average molecular weight is 270 g/mol. The van der Waals surface area contributed by atoms with Gasteiger partial charge in [0.1, 0.15) is 0 Å². The van der Waals surface area contributed by atoms with Gasteiger partial charge in [-0.25, -0.2) is 13.2 Å². The summed E-state index contributed by atoms with van der Waals surface area (Å²) in [5.74, 6) is -0.979. The highest BCUT2D eigenvalue weighted by Gasteiger charge is 2.28. The van der Waals surface area contributed by atoms with Gasteiger partial charge < -0.3 is 10.8 Å². The zero-order valence-corrected chi connectivity index (χ0v) is 10.4. The average Bonchev–Trinajstić information content (AvgIpc) is 3.03. The third-order valence-corrected chi connectivity index (χ3v) is 4.13. The van der Waals surface area contributed by atoms with E-state index in [1.165, 1.54) is 18.2 Å². The molecule has 2 rings (SSSR count). The Morgan fingerprint density at radius 3 is 2.67 bits per heavy atom. The quantitative estimate of drug-likeness (QED) is 0.694. The minimum atomic E-state index is -3.49. The van der Waals surface area contributed by atoms with Crippen LogP contribution in [-0.4, -0.2) is 25.2 Å². The fourth-order valence-corrected chi connectivity index (χ4v) is 3.18. The minimum absolute atomic E-state index is 0.0381. The third kappa shape index (κ3) is 3.13. The van der Waals surface area contributed by atoms with Gasteiger partial charge in [0.2, 0.25) is 10.0 Å². The van der Waals surface area contributed by atoms with Crippen molar-refractivity contribution in [2.24, 2.45) is 5.92 Å². The summed E-state index contributed by atoms with van der Waals surface area (Å²) >= 11 is 0. The predicted molar refractivity (Wildman–Crippen MR) is 67.9 cm³/mol. The maximum atomic E-state index is 11.8. The molecule has 0 saturated heterocycles. The van der Waals surface area contributed by atoms with E-state index in [0.717, 1.165) is 12.8 Å². The van der Waals surface area contributed by atoms with E-state index < -0.39 is 16.0 Å². The SMILES string of the molecule is Nc1ccc(NS(=O)(=O)CC2CC2)c(C(=O)O)c1. The molecule has 0 spiro atoms. The van der Waals surface area contributed by atoms with Gasteiger partial charge in [-0.2, -0.15) is 0 Å². The molecule has 1 aliphatic carbocycles. The first-order valence-electron chi connectivity index (χ1n) is 5.51. The van der Waals surface area contributed by atoms with Crippen molar-refractivity contribution in [2.45, 2.75) is 12.8 Å². The molecule has 1 aromatic rings. The maximum Gasteiger partial charge on any atom is 0.337 e. The third-order valence-electron chi connectivity index (χ3n) is 2.69. The Kier molecular flexibility index (Phi) is 3.16. The molecule has 0 amide bonds. The molecule has 4 N–H and O–H groups in total. The molecule has 0 heterocycles. The monoisotopic (exact) mass is 270 g/mol. The van der Waals surface area contributed by atoms with Gasteiger partial charge in [0, 0.05) is 5.69 Å². The molecule has 0 unspecified atom stereocenters. The van der Waals surface area contributed by atoms with Crippen LogP contribution in [-0.2, 0) is 10.0 Å². The van der Waals surface area contributed by atoms with Crippen LogP contribution in [0.15, 0.2) is 18.2 Å². The lowest BCUT2D eigenvalue weighted by atomic mass is 10.1. The molecule has 7 heteroatoms. The summed E-state index contributed by atoms with van der Waals surface area (Å²) < 4.78 is 25.9. The standard InChI is InChI=1S/C11H14N2O4S/c12-8-3-4-10(9(5-8)11(14)15)13-18(16,17)6-7-1-2-7/h3-5,7,13H,1-2,6,12H2,(H,14,15). The Morgan fingerprint density at radius 2 is 2.11 bits per heavy atom. The van der Waals surface area contributed by atoms with E-state index in [2.05, 4.69) is 4.72 Å². The Balaban J connectivity index is 2.25. The number of carboxylic acids is 1. The first-order valence-corrected chi connectivity index (χ1v) is 7.16. The van der Waals surface area contributed by atoms with E-state index in [-0.39, 0.29) is 28.6 Å². The second-order valence-electron chi connectivity index (χ2n) is 4.44. The van der Waals surface area contributed by atoms with Gasteiger partial charge in [-0.05, 0) is 37.0 Å². The zero-order valence-electron chi connectivity index (χ0n) is 9.59. The van der Waals surface area contributed by atoms with Gasteiger partial charge in [0.25, 0.3) is 0 Å². The van der Waals surface area contributed by atoms with Crippen molar-refractivity contribution in [3.05, 3.63) is 23.8 Å². The van der Waals surface area contributed by atoms with Crippen molar-refractivity contribution in [3.63, 3.8) is 0 Å². The largest absolute Gasteiger partial charge is 0.478 e. The first kappa shape index (κ1) is 12.7. The lowest BCUT2D eigenvalue weighted by Crippen LogP contribution is -2.19. The highest BCUT2D eigenvalue weighted by Crippen LogP contribution is 2.31. The number of hydrogen-bond acceptors (Lipinski definition) is 4. The Bertz CT molecular complexity index is 579. The van der Waals surface area contributed by atoms with Crippen LogP contribution in [0.5, 0.6) is 0 Å². The fraction of sp³-hybridized carbons (Fsp3) is 0.364. The molecule has 1 aromatic carbocycles. The van der Waals surface area contributed by atoms with Crippen molar-refractivity contribution in [1.82, 2.24) is 0 Å². The maximum absolute atomic E-state index is 11.8. The molecule has 0 bridgehead atoms. The number of nitrogen functional groups attached to an aromatic ring is 1. The second-order valence-corrected chi connectivity index (χ2v) is 6.20. The molecule has 1 fully saturated rings.